The van der Waals surface area contributed by atoms with Crippen LogP contribution in [0.2, 0.25) is 0 Å². The smallest absolute Gasteiger partial charge is 0.335 e. The lowest BCUT2D eigenvalue weighted by Crippen LogP contribution is -2.63. The molecule has 182 valence electrons. The fourth-order valence-corrected chi connectivity index (χ4v) is 10.1. The van der Waals surface area contributed by atoms with Crippen molar-refractivity contribution in [2.75, 3.05) is 0 Å². The Morgan fingerprint density at radius 1 is 0.879 bits per heavy atom. The Balaban J connectivity index is 1.17. The molecule has 8 aliphatic rings. The van der Waals surface area contributed by atoms with Crippen LogP contribution < -0.4 is 0 Å². The van der Waals surface area contributed by atoms with Crippen LogP contribution in [0.1, 0.15) is 90.9 Å². The molecule has 0 amide bonds. The highest BCUT2D eigenvalue weighted by molar-refractivity contribution is 5.81. The van der Waals surface area contributed by atoms with Crippen molar-refractivity contribution in [1.82, 2.24) is 0 Å². The summed E-state index contributed by atoms with van der Waals surface area (Å²) in [5, 5.41) is 0. The van der Waals surface area contributed by atoms with Crippen molar-refractivity contribution in [1.29, 1.82) is 0 Å². The molecule has 0 aromatic carbocycles. The normalized spacial score (nSPS) is 49.6. The minimum absolute atomic E-state index is 0.183. The van der Waals surface area contributed by atoms with Gasteiger partial charge in [-0.25, -0.2) is 9.59 Å². The monoisotopic (exact) mass is 456 g/mol. The summed E-state index contributed by atoms with van der Waals surface area (Å²) in [4.78, 5) is 25.6. The Morgan fingerprint density at radius 2 is 1.42 bits per heavy atom. The highest BCUT2D eigenvalue weighted by Gasteiger charge is 2.62. The van der Waals surface area contributed by atoms with Gasteiger partial charge in [-0.15, -0.1) is 0 Å². The van der Waals surface area contributed by atoms with Crippen molar-refractivity contribution >= 4 is 11.9 Å². The first-order valence-corrected chi connectivity index (χ1v) is 13.5. The summed E-state index contributed by atoms with van der Waals surface area (Å²) in [6.45, 7) is 7.67. The van der Waals surface area contributed by atoms with Gasteiger partial charge in [-0.05, 0) is 113 Å². The summed E-state index contributed by atoms with van der Waals surface area (Å²) >= 11 is 0. The van der Waals surface area contributed by atoms with Crippen molar-refractivity contribution in [2.24, 2.45) is 35.5 Å². The van der Waals surface area contributed by atoms with E-state index in [9.17, 15) is 9.59 Å². The van der Waals surface area contributed by atoms with Gasteiger partial charge < -0.3 is 14.2 Å². The van der Waals surface area contributed by atoms with Gasteiger partial charge >= 0.3 is 11.9 Å². The third kappa shape index (κ3) is 3.51. The molecular weight excluding hydrogens is 416 g/mol. The third-order valence-electron chi connectivity index (χ3n) is 10.6. The molecule has 0 spiro atoms. The molecule has 8 bridgehead atoms. The van der Waals surface area contributed by atoms with Crippen molar-refractivity contribution in [3.05, 3.63) is 12.7 Å². The highest BCUT2D eigenvalue weighted by atomic mass is 16.6. The van der Waals surface area contributed by atoms with Crippen LogP contribution in [0.4, 0.5) is 0 Å². The molecule has 33 heavy (non-hydrogen) atoms. The lowest BCUT2D eigenvalue weighted by atomic mass is 9.49. The molecule has 0 aromatic rings. The second-order valence-electron chi connectivity index (χ2n) is 12.7. The van der Waals surface area contributed by atoms with E-state index in [0.29, 0.717) is 30.1 Å². The van der Waals surface area contributed by atoms with E-state index in [-0.39, 0.29) is 23.1 Å². The molecule has 0 radical (unpaired) electrons. The summed E-state index contributed by atoms with van der Waals surface area (Å²) in [5.74, 6) is 3.22. The fourth-order valence-electron chi connectivity index (χ4n) is 10.1. The maximum atomic E-state index is 13.5. The van der Waals surface area contributed by atoms with Crippen LogP contribution >= 0.6 is 0 Å². The molecule has 8 saturated carbocycles. The van der Waals surface area contributed by atoms with Crippen LogP contribution in [0.5, 0.6) is 0 Å². The molecule has 0 N–H and O–H groups in total. The standard InChI is InChI=1S/C28H40O5/c1-4-24(29)32-27-14-20-7-21(15-27)13-26(12-20,16-27)31-17(3)25(30)33-28(5-2)22-8-18-6-19(10-22)11-23(28)9-18/h4,17-23H,1,5-16H2,2-3H3. The van der Waals surface area contributed by atoms with E-state index < -0.39 is 11.7 Å². The number of esters is 2. The average Bonchev–Trinajstić information content (AvgIpc) is 2.74. The summed E-state index contributed by atoms with van der Waals surface area (Å²) in [6, 6.07) is 0. The average molecular weight is 457 g/mol. The number of rotatable bonds is 7. The minimum Gasteiger partial charge on any atom is -0.457 e. The zero-order valence-corrected chi connectivity index (χ0v) is 20.4. The van der Waals surface area contributed by atoms with Crippen LogP contribution in [0.25, 0.3) is 0 Å². The van der Waals surface area contributed by atoms with Crippen LogP contribution in [-0.4, -0.2) is 34.8 Å². The Labute approximate surface area is 198 Å². The molecule has 3 atom stereocenters. The quantitative estimate of drug-likeness (QED) is 0.381. The zero-order valence-electron chi connectivity index (χ0n) is 20.4. The zero-order chi connectivity index (χ0) is 23.0. The second-order valence-corrected chi connectivity index (χ2v) is 12.7. The van der Waals surface area contributed by atoms with E-state index >= 15 is 0 Å². The first-order chi connectivity index (χ1) is 15.8. The number of carbonyl (C=O) groups is 2. The number of hydrogen-bond donors (Lipinski definition) is 0. The number of carbonyl (C=O) groups excluding carboxylic acids is 2. The second kappa shape index (κ2) is 7.57. The molecule has 0 aliphatic heterocycles. The van der Waals surface area contributed by atoms with Gasteiger partial charge in [-0.1, -0.05) is 13.5 Å². The van der Waals surface area contributed by atoms with Gasteiger partial charge in [0, 0.05) is 12.5 Å². The van der Waals surface area contributed by atoms with Crippen molar-refractivity contribution < 1.29 is 23.8 Å². The first kappa shape index (κ1) is 22.1. The van der Waals surface area contributed by atoms with Gasteiger partial charge in [-0.3, -0.25) is 0 Å². The van der Waals surface area contributed by atoms with E-state index in [1.165, 1.54) is 44.6 Å². The Hall–Kier alpha value is -1.36. The largest absolute Gasteiger partial charge is 0.457 e. The summed E-state index contributed by atoms with van der Waals surface area (Å²) in [6.07, 6.45) is 13.5. The van der Waals surface area contributed by atoms with Crippen LogP contribution in [-0.2, 0) is 23.8 Å². The Kier molecular flexibility index (Phi) is 5.07. The summed E-state index contributed by atoms with van der Waals surface area (Å²) in [7, 11) is 0. The minimum atomic E-state index is -0.589. The van der Waals surface area contributed by atoms with Gasteiger partial charge in [0.2, 0.25) is 0 Å². The van der Waals surface area contributed by atoms with Crippen LogP contribution in [0.3, 0.4) is 0 Å². The molecule has 8 rings (SSSR count). The van der Waals surface area contributed by atoms with Gasteiger partial charge in [0.15, 0.2) is 6.10 Å². The number of ether oxygens (including phenoxy) is 3. The predicted molar refractivity (Wildman–Crippen MR) is 123 cm³/mol. The summed E-state index contributed by atoms with van der Waals surface area (Å²) < 4.78 is 19.1. The molecule has 3 unspecified atom stereocenters. The van der Waals surface area contributed by atoms with Gasteiger partial charge in [0.25, 0.3) is 0 Å². The fraction of sp³-hybridized carbons (Fsp3) is 0.857. The van der Waals surface area contributed by atoms with E-state index in [4.69, 9.17) is 14.2 Å². The molecule has 0 heterocycles. The van der Waals surface area contributed by atoms with Crippen LogP contribution in [0.15, 0.2) is 12.7 Å². The SMILES string of the molecule is C=CC(=O)OC12CC3CC(C1)CC(OC(C)C(=O)OC1(CC)C4CC5CC(C4)CC1C5)(C3)C2. The van der Waals surface area contributed by atoms with Crippen LogP contribution in [0, 0.1) is 35.5 Å². The van der Waals surface area contributed by atoms with E-state index in [1.54, 1.807) is 0 Å². The van der Waals surface area contributed by atoms with Gasteiger partial charge in [0.1, 0.15) is 11.2 Å². The van der Waals surface area contributed by atoms with Gasteiger partial charge in [-0.2, -0.15) is 0 Å². The van der Waals surface area contributed by atoms with E-state index in [2.05, 4.69) is 13.5 Å². The third-order valence-corrected chi connectivity index (χ3v) is 10.6. The molecule has 5 nitrogen and oxygen atoms in total. The molecule has 8 fully saturated rings. The maximum Gasteiger partial charge on any atom is 0.335 e. The Bertz CT molecular complexity index is 803. The highest BCUT2D eigenvalue weighted by Crippen LogP contribution is 2.62. The topological polar surface area (TPSA) is 61.8 Å². The predicted octanol–water partition coefficient (Wildman–Crippen LogP) is 5.36. The van der Waals surface area contributed by atoms with Crippen molar-refractivity contribution in [3.63, 3.8) is 0 Å². The molecule has 5 heteroatoms. The molecular formula is C28H40O5. The van der Waals surface area contributed by atoms with Gasteiger partial charge in [0.05, 0.1) is 5.60 Å². The lowest BCUT2D eigenvalue weighted by Gasteiger charge is -2.61. The maximum absolute atomic E-state index is 13.5. The van der Waals surface area contributed by atoms with E-state index in [0.717, 1.165) is 43.9 Å². The van der Waals surface area contributed by atoms with Crippen molar-refractivity contribution in [3.8, 4) is 0 Å². The summed E-state index contributed by atoms with van der Waals surface area (Å²) in [5.41, 5.74) is -1.12. The first-order valence-electron chi connectivity index (χ1n) is 13.5. The molecule has 8 aliphatic carbocycles. The molecule has 0 aromatic heterocycles. The molecule has 0 saturated heterocycles. The lowest BCUT2D eigenvalue weighted by molar-refractivity contribution is -0.254. The Morgan fingerprint density at radius 3 is 1.97 bits per heavy atom. The van der Waals surface area contributed by atoms with Crippen molar-refractivity contribution in [2.45, 2.75) is 114 Å². The van der Waals surface area contributed by atoms with E-state index in [1.807, 2.05) is 6.92 Å². The number of hydrogen-bond acceptors (Lipinski definition) is 5.